The van der Waals surface area contributed by atoms with Gasteiger partial charge in [-0.2, -0.15) is 0 Å². The lowest BCUT2D eigenvalue weighted by Gasteiger charge is -2.32. The molecule has 0 aliphatic carbocycles. The third-order valence-corrected chi connectivity index (χ3v) is 9.21. The van der Waals surface area contributed by atoms with E-state index in [4.69, 9.17) is 23.9 Å². The fourth-order valence-corrected chi connectivity index (χ4v) is 6.91. The Morgan fingerprint density at radius 1 is 0.942 bits per heavy atom. The molecule has 0 fully saturated rings. The molecular formula is C42H46F2N2O6. The highest BCUT2D eigenvalue weighted by molar-refractivity contribution is 5.92. The molecule has 0 saturated carbocycles. The molecule has 3 heterocycles. The van der Waals surface area contributed by atoms with Crippen LogP contribution in [0.2, 0.25) is 0 Å². The smallest absolute Gasteiger partial charge is 0.410 e. The molecule has 3 aromatic carbocycles. The van der Waals surface area contributed by atoms with Crippen LogP contribution in [0.25, 0.3) is 22.3 Å². The van der Waals surface area contributed by atoms with Crippen molar-refractivity contribution in [2.24, 2.45) is 0 Å². The van der Waals surface area contributed by atoms with E-state index in [0.29, 0.717) is 53.2 Å². The second-order valence-corrected chi connectivity index (χ2v) is 14.8. The van der Waals surface area contributed by atoms with Crippen LogP contribution in [0.15, 0.2) is 66.7 Å². The van der Waals surface area contributed by atoms with Gasteiger partial charge in [-0.25, -0.2) is 18.4 Å². The van der Waals surface area contributed by atoms with Crippen molar-refractivity contribution in [3.05, 3.63) is 106 Å². The Labute approximate surface area is 304 Å². The topological polar surface area (TPSA) is 87.2 Å². The van der Waals surface area contributed by atoms with Gasteiger partial charge in [-0.15, -0.1) is 0 Å². The minimum Gasteiger partial charge on any atom is -0.493 e. The standard InChI is InChI=1S/C42H46F2N2O6/c1-25(2)51-39(47)38(52-41(5,6)7)36-27(4)45-26(3)35(37(36)31-15-16-34-33(22-31)42(43,44)18-20-49-34)30-13-14-32-23-46(19-17-29(32)21-30)40(48)50-24-28-11-9-8-10-12-28/h8-16,21-22,25,38H,17-20,23-24H2,1-7H3/t38-/m0/s1. The molecule has 1 amide bonds. The molecule has 0 saturated heterocycles. The number of pyridine rings is 1. The van der Waals surface area contributed by atoms with E-state index in [2.05, 4.69) is 6.07 Å². The molecule has 0 unspecified atom stereocenters. The van der Waals surface area contributed by atoms with Gasteiger partial charge in [0.2, 0.25) is 0 Å². The minimum absolute atomic E-state index is 0.0802. The molecule has 1 aromatic heterocycles. The van der Waals surface area contributed by atoms with Crippen LogP contribution in [0.4, 0.5) is 13.6 Å². The summed E-state index contributed by atoms with van der Waals surface area (Å²) in [6.07, 6.45) is -1.85. The number of fused-ring (bicyclic) bond motifs is 2. The maximum atomic E-state index is 15.4. The number of rotatable bonds is 8. The molecule has 0 N–H and O–H groups in total. The summed E-state index contributed by atoms with van der Waals surface area (Å²) in [6, 6.07) is 20.3. The number of carbonyl (C=O) groups is 2. The van der Waals surface area contributed by atoms with Crippen LogP contribution in [-0.2, 0) is 44.5 Å². The van der Waals surface area contributed by atoms with E-state index in [0.717, 1.165) is 22.3 Å². The van der Waals surface area contributed by atoms with Gasteiger partial charge in [0, 0.05) is 35.6 Å². The molecule has 0 spiro atoms. The lowest BCUT2D eigenvalue weighted by molar-refractivity contribution is -0.171. The Kier molecular flexibility index (Phi) is 10.4. The van der Waals surface area contributed by atoms with Crippen molar-refractivity contribution in [1.82, 2.24) is 9.88 Å². The van der Waals surface area contributed by atoms with Gasteiger partial charge in [-0.3, -0.25) is 4.98 Å². The summed E-state index contributed by atoms with van der Waals surface area (Å²) in [5.41, 5.74) is 6.12. The fourth-order valence-electron chi connectivity index (χ4n) is 6.91. The van der Waals surface area contributed by atoms with Crippen LogP contribution in [0.1, 0.15) is 86.3 Å². The molecule has 1 atom stereocenters. The van der Waals surface area contributed by atoms with Crippen LogP contribution in [0, 0.1) is 13.8 Å². The Bertz CT molecular complexity index is 1970. The molecule has 52 heavy (non-hydrogen) atoms. The van der Waals surface area contributed by atoms with Crippen LogP contribution in [-0.4, -0.2) is 46.8 Å². The first-order valence-corrected chi connectivity index (χ1v) is 17.7. The zero-order valence-corrected chi connectivity index (χ0v) is 30.8. The maximum absolute atomic E-state index is 15.4. The molecule has 0 radical (unpaired) electrons. The Hall–Kier alpha value is -4.83. The zero-order valence-electron chi connectivity index (χ0n) is 30.8. The summed E-state index contributed by atoms with van der Waals surface area (Å²) in [5.74, 6) is -3.56. The van der Waals surface area contributed by atoms with Crippen molar-refractivity contribution in [3.63, 3.8) is 0 Å². The molecule has 2 aliphatic heterocycles. The van der Waals surface area contributed by atoms with Gasteiger partial charge in [-0.1, -0.05) is 54.6 Å². The molecule has 10 heteroatoms. The number of aryl methyl sites for hydroxylation is 2. The van der Waals surface area contributed by atoms with Crippen molar-refractivity contribution in [1.29, 1.82) is 0 Å². The van der Waals surface area contributed by atoms with Crippen molar-refractivity contribution in [2.75, 3.05) is 13.2 Å². The largest absolute Gasteiger partial charge is 0.493 e. The van der Waals surface area contributed by atoms with Crippen molar-refractivity contribution >= 4 is 12.1 Å². The zero-order chi connectivity index (χ0) is 37.4. The first-order chi connectivity index (χ1) is 24.6. The number of esters is 1. The van der Waals surface area contributed by atoms with E-state index in [1.807, 2.05) is 70.2 Å². The third-order valence-electron chi connectivity index (χ3n) is 9.21. The highest BCUT2D eigenvalue weighted by Gasteiger charge is 2.40. The predicted molar refractivity (Wildman–Crippen MR) is 194 cm³/mol. The SMILES string of the molecule is Cc1nc(C)c([C@H](OC(C)(C)C)C(=O)OC(C)C)c(-c2ccc3c(c2)C(F)(F)CCO3)c1-c1ccc2c(c1)CCN(C(=O)OCc1ccccc1)C2. The number of amides is 1. The Balaban J connectivity index is 1.46. The first kappa shape index (κ1) is 36.9. The van der Waals surface area contributed by atoms with Crippen LogP contribution < -0.4 is 4.74 Å². The highest BCUT2D eigenvalue weighted by atomic mass is 19.3. The number of ether oxygens (including phenoxy) is 4. The highest BCUT2D eigenvalue weighted by Crippen LogP contribution is 2.48. The average molecular weight is 713 g/mol. The van der Waals surface area contributed by atoms with E-state index in [1.165, 1.54) is 6.07 Å². The Morgan fingerprint density at radius 3 is 2.37 bits per heavy atom. The summed E-state index contributed by atoms with van der Waals surface area (Å²) < 4.78 is 54.2. The fraction of sp³-hybridized carbons (Fsp3) is 0.405. The third kappa shape index (κ3) is 7.97. The van der Waals surface area contributed by atoms with Gasteiger partial charge in [0.15, 0.2) is 6.10 Å². The second kappa shape index (κ2) is 14.7. The van der Waals surface area contributed by atoms with E-state index < -0.39 is 36.1 Å². The van der Waals surface area contributed by atoms with Gasteiger partial charge in [-0.05, 0) is 100 Å². The van der Waals surface area contributed by atoms with Gasteiger partial charge in [0.25, 0.3) is 5.92 Å². The first-order valence-electron chi connectivity index (χ1n) is 17.7. The van der Waals surface area contributed by atoms with Gasteiger partial charge in [0.05, 0.1) is 30.3 Å². The van der Waals surface area contributed by atoms with Crippen molar-refractivity contribution in [2.45, 2.75) is 98.2 Å². The van der Waals surface area contributed by atoms with Crippen LogP contribution >= 0.6 is 0 Å². The van der Waals surface area contributed by atoms with Crippen molar-refractivity contribution < 1.29 is 37.3 Å². The summed E-state index contributed by atoms with van der Waals surface area (Å²) in [5, 5.41) is 0. The van der Waals surface area contributed by atoms with E-state index >= 15 is 8.78 Å². The summed E-state index contributed by atoms with van der Waals surface area (Å²) in [6.45, 7) is 13.7. The normalized spacial score (nSPS) is 15.7. The molecule has 2 aliphatic rings. The Morgan fingerprint density at radius 2 is 1.65 bits per heavy atom. The monoisotopic (exact) mass is 712 g/mol. The van der Waals surface area contributed by atoms with Gasteiger partial charge < -0.3 is 23.8 Å². The van der Waals surface area contributed by atoms with E-state index in [9.17, 15) is 9.59 Å². The molecule has 274 valence electrons. The number of hydrogen-bond donors (Lipinski definition) is 0. The minimum atomic E-state index is -3.10. The quantitative estimate of drug-likeness (QED) is 0.168. The number of halogens is 2. The van der Waals surface area contributed by atoms with Crippen molar-refractivity contribution in [3.8, 4) is 28.0 Å². The summed E-state index contributed by atoms with van der Waals surface area (Å²) in [7, 11) is 0. The number of alkyl halides is 2. The predicted octanol–water partition coefficient (Wildman–Crippen LogP) is 9.41. The van der Waals surface area contributed by atoms with Gasteiger partial charge >= 0.3 is 12.1 Å². The second-order valence-electron chi connectivity index (χ2n) is 14.8. The average Bonchev–Trinajstić information content (AvgIpc) is 3.08. The molecule has 6 rings (SSSR count). The maximum Gasteiger partial charge on any atom is 0.410 e. The lowest BCUT2D eigenvalue weighted by Crippen LogP contribution is -2.36. The molecular weight excluding hydrogens is 666 g/mol. The number of benzene rings is 3. The summed E-state index contributed by atoms with van der Waals surface area (Å²) in [4.78, 5) is 33.5. The van der Waals surface area contributed by atoms with Crippen LogP contribution in [0.3, 0.4) is 0 Å². The summed E-state index contributed by atoms with van der Waals surface area (Å²) >= 11 is 0. The molecule has 8 nitrogen and oxygen atoms in total. The molecule has 4 aromatic rings. The van der Waals surface area contributed by atoms with Crippen LogP contribution in [0.5, 0.6) is 5.75 Å². The number of hydrogen-bond acceptors (Lipinski definition) is 7. The van der Waals surface area contributed by atoms with Gasteiger partial charge in [0.1, 0.15) is 12.4 Å². The number of aromatic nitrogens is 1. The lowest BCUT2D eigenvalue weighted by atomic mass is 9.84. The molecule has 0 bridgehead atoms. The van der Waals surface area contributed by atoms with E-state index in [1.54, 1.807) is 37.8 Å². The van der Waals surface area contributed by atoms with E-state index in [-0.39, 0.29) is 30.6 Å². The number of nitrogens with zero attached hydrogens (tertiary/aromatic N) is 2. The number of carbonyl (C=O) groups excluding carboxylic acids is 2.